The van der Waals surface area contributed by atoms with Crippen LogP contribution in [0.1, 0.15) is 18.5 Å². The third-order valence-corrected chi connectivity index (χ3v) is 3.85. The number of halogens is 1. The summed E-state index contributed by atoms with van der Waals surface area (Å²) in [5.41, 5.74) is 0.944. The van der Waals surface area contributed by atoms with Gasteiger partial charge in [-0.05, 0) is 12.8 Å². The van der Waals surface area contributed by atoms with Gasteiger partial charge in [0.05, 0.1) is 17.6 Å². The van der Waals surface area contributed by atoms with Gasteiger partial charge < -0.3 is 4.90 Å². The number of aromatic nitrogens is 1. The van der Waals surface area contributed by atoms with Crippen LogP contribution in [-0.2, 0) is 5.88 Å². The van der Waals surface area contributed by atoms with Gasteiger partial charge in [0.15, 0.2) is 5.13 Å². The van der Waals surface area contributed by atoms with Crippen LogP contribution in [-0.4, -0.2) is 18.1 Å². The molecule has 0 atom stereocenters. The van der Waals surface area contributed by atoms with Crippen molar-refractivity contribution in [2.24, 2.45) is 5.92 Å². The minimum absolute atomic E-state index is 0.230. The Bertz CT molecular complexity index is 363. The van der Waals surface area contributed by atoms with E-state index in [1.165, 1.54) is 0 Å². The summed E-state index contributed by atoms with van der Waals surface area (Å²) >= 11 is 7.34. The van der Waals surface area contributed by atoms with Crippen LogP contribution in [0.15, 0.2) is 5.38 Å². The lowest BCUT2D eigenvalue weighted by atomic mass is 9.99. The summed E-state index contributed by atoms with van der Waals surface area (Å²) in [7, 11) is 0. The summed E-state index contributed by atoms with van der Waals surface area (Å²) < 4.78 is 0. The van der Waals surface area contributed by atoms with Crippen LogP contribution in [0.4, 0.5) is 5.13 Å². The normalized spacial score (nSPS) is 17.7. The summed E-state index contributed by atoms with van der Waals surface area (Å²) in [4.78, 5) is 6.68. The molecule has 2 rings (SSSR count). The Hall–Kier alpha value is -0.790. The van der Waals surface area contributed by atoms with E-state index in [1.54, 1.807) is 11.3 Å². The van der Waals surface area contributed by atoms with Gasteiger partial charge in [0.1, 0.15) is 0 Å². The lowest BCUT2D eigenvalue weighted by molar-refractivity contribution is 0.487. The molecule has 0 amide bonds. The van der Waals surface area contributed by atoms with Crippen LogP contribution in [0.2, 0.25) is 0 Å². The van der Waals surface area contributed by atoms with E-state index in [-0.39, 0.29) is 5.92 Å². The maximum Gasteiger partial charge on any atom is 0.185 e. The number of alkyl halides is 1. The third-order valence-electron chi connectivity index (χ3n) is 2.62. The summed E-state index contributed by atoms with van der Waals surface area (Å²) in [6.45, 7) is 1.88. The van der Waals surface area contributed by atoms with Crippen molar-refractivity contribution in [3.8, 4) is 6.07 Å². The van der Waals surface area contributed by atoms with Crippen LogP contribution in [0.25, 0.3) is 0 Å². The second-order valence-corrected chi connectivity index (χ2v) is 4.75. The highest BCUT2D eigenvalue weighted by Crippen LogP contribution is 2.26. The van der Waals surface area contributed by atoms with Crippen molar-refractivity contribution in [2.75, 3.05) is 18.0 Å². The van der Waals surface area contributed by atoms with Crippen LogP contribution in [0.3, 0.4) is 0 Å². The van der Waals surface area contributed by atoms with Gasteiger partial charge in [0, 0.05) is 24.4 Å². The fourth-order valence-corrected chi connectivity index (χ4v) is 2.81. The highest BCUT2D eigenvalue weighted by Gasteiger charge is 2.20. The Morgan fingerprint density at radius 3 is 2.87 bits per heavy atom. The average molecular weight is 242 g/mol. The maximum atomic E-state index is 8.79. The summed E-state index contributed by atoms with van der Waals surface area (Å²) in [5, 5.41) is 11.8. The SMILES string of the molecule is N#CC1CCN(c2nc(CCl)cs2)CC1. The minimum Gasteiger partial charge on any atom is -0.348 e. The summed E-state index contributed by atoms with van der Waals surface area (Å²) in [6, 6.07) is 2.33. The van der Waals surface area contributed by atoms with Crippen molar-refractivity contribution < 1.29 is 0 Å². The molecule has 1 aromatic heterocycles. The monoisotopic (exact) mass is 241 g/mol. The van der Waals surface area contributed by atoms with E-state index >= 15 is 0 Å². The number of anilines is 1. The Balaban J connectivity index is 1.98. The molecule has 5 heteroatoms. The topological polar surface area (TPSA) is 39.9 Å². The summed E-state index contributed by atoms with van der Waals surface area (Å²) in [5.74, 6) is 0.708. The zero-order valence-corrected chi connectivity index (χ0v) is 9.89. The van der Waals surface area contributed by atoms with Crippen LogP contribution >= 0.6 is 22.9 Å². The molecule has 0 spiro atoms. The lowest BCUT2D eigenvalue weighted by Gasteiger charge is -2.28. The molecule has 3 nitrogen and oxygen atoms in total. The van der Waals surface area contributed by atoms with Gasteiger partial charge >= 0.3 is 0 Å². The molecule has 1 fully saturated rings. The van der Waals surface area contributed by atoms with E-state index in [0.717, 1.165) is 36.8 Å². The first-order valence-corrected chi connectivity index (χ1v) is 6.40. The molecule has 0 bridgehead atoms. The number of nitriles is 1. The van der Waals surface area contributed by atoms with Gasteiger partial charge in [-0.25, -0.2) is 4.98 Å². The predicted octanol–water partition coefficient (Wildman–Crippen LogP) is 2.62. The van der Waals surface area contributed by atoms with Gasteiger partial charge in [-0.1, -0.05) is 0 Å². The van der Waals surface area contributed by atoms with Crippen molar-refractivity contribution in [3.05, 3.63) is 11.1 Å². The van der Waals surface area contributed by atoms with Crippen LogP contribution in [0.5, 0.6) is 0 Å². The number of hydrogen-bond acceptors (Lipinski definition) is 4. The highest BCUT2D eigenvalue weighted by molar-refractivity contribution is 7.13. The first kappa shape index (κ1) is 10.7. The van der Waals surface area contributed by atoms with Crippen molar-refractivity contribution in [1.82, 2.24) is 4.98 Å². The first-order chi connectivity index (χ1) is 7.33. The zero-order valence-electron chi connectivity index (χ0n) is 8.32. The maximum absolute atomic E-state index is 8.79. The zero-order chi connectivity index (χ0) is 10.7. The number of rotatable bonds is 2. The molecule has 0 aromatic carbocycles. The number of piperidine rings is 1. The Morgan fingerprint density at radius 2 is 2.33 bits per heavy atom. The smallest absolute Gasteiger partial charge is 0.185 e. The quantitative estimate of drug-likeness (QED) is 0.748. The third kappa shape index (κ3) is 2.42. The molecule has 1 aliphatic heterocycles. The molecule has 0 saturated carbocycles. The van der Waals surface area contributed by atoms with Gasteiger partial charge in [-0.3, -0.25) is 0 Å². The number of thiazole rings is 1. The highest BCUT2D eigenvalue weighted by atomic mass is 35.5. The predicted molar refractivity (Wildman–Crippen MR) is 62.2 cm³/mol. The van der Waals surface area contributed by atoms with Crippen LogP contribution in [0, 0.1) is 17.2 Å². The van der Waals surface area contributed by atoms with Gasteiger partial charge in [0.25, 0.3) is 0 Å². The molecule has 15 heavy (non-hydrogen) atoms. The molecule has 0 N–H and O–H groups in total. The fourth-order valence-electron chi connectivity index (χ4n) is 1.70. The largest absolute Gasteiger partial charge is 0.348 e. The Morgan fingerprint density at radius 1 is 1.60 bits per heavy atom. The molecule has 0 radical (unpaired) electrons. The van der Waals surface area contributed by atoms with Gasteiger partial charge in [0.2, 0.25) is 0 Å². The van der Waals surface area contributed by atoms with E-state index < -0.39 is 0 Å². The van der Waals surface area contributed by atoms with Crippen molar-refractivity contribution in [3.63, 3.8) is 0 Å². The fraction of sp³-hybridized carbons (Fsp3) is 0.600. The summed E-state index contributed by atoms with van der Waals surface area (Å²) in [6.07, 6.45) is 1.90. The van der Waals surface area contributed by atoms with Crippen molar-refractivity contribution in [1.29, 1.82) is 5.26 Å². The molecule has 1 saturated heterocycles. The van der Waals surface area contributed by atoms with E-state index in [4.69, 9.17) is 16.9 Å². The molecule has 0 aliphatic carbocycles. The molecule has 2 heterocycles. The van der Waals surface area contributed by atoms with E-state index in [1.807, 2.05) is 5.38 Å². The molecule has 1 aliphatic rings. The van der Waals surface area contributed by atoms with Crippen molar-refractivity contribution in [2.45, 2.75) is 18.7 Å². The first-order valence-electron chi connectivity index (χ1n) is 4.98. The molecule has 1 aromatic rings. The standard InChI is InChI=1S/C10H12ClN3S/c11-5-9-7-15-10(13-9)14-3-1-8(6-12)2-4-14/h7-8H,1-5H2. The number of hydrogen-bond donors (Lipinski definition) is 0. The minimum atomic E-state index is 0.230. The van der Waals surface area contributed by atoms with E-state index in [0.29, 0.717) is 5.88 Å². The van der Waals surface area contributed by atoms with E-state index in [9.17, 15) is 0 Å². The Labute approximate surface area is 98.3 Å². The molecule has 0 unspecified atom stereocenters. The molecule has 80 valence electrons. The lowest BCUT2D eigenvalue weighted by Crippen LogP contribution is -2.33. The van der Waals surface area contributed by atoms with Crippen molar-refractivity contribution >= 4 is 28.1 Å². The molecular weight excluding hydrogens is 230 g/mol. The number of nitrogens with zero attached hydrogens (tertiary/aromatic N) is 3. The Kier molecular flexibility index (Phi) is 3.45. The van der Waals surface area contributed by atoms with Gasteiger partial charge in [-0.2, -0.15) is 5.26 Å². The molecular formula is C10H12ClN3S. The van der Waals surface area contributed by atoms with Gasteiger partial charge in [-0.15, -0.1) is 22.9 Å². The van der Waals surface area contributed by atoms with E-state index in [2.05, 4.69) is 16.0 Å². The van der Waals surface area contributed by atoms with Crippen LogP contribution < -0.4 is 4.90 Å². The second kappa shape index (κ2) is 4.82. The average Bonchev–Trinajstić information content (AvgIpc) is 2.78. The second-order valence-electron chi connectivity index (χ2n) is 3.65.